The van der Waals surface area contributed by atoms with Gasteiger partial charge in [0.1, 0.15) is 5.76 Å². The number of amides is 1. The van der Waals surface area contributed by atoms with Crippen LogP contribution in [0.1, 0.15) is 18.2 Å². The average molecular weight is 431 g/mol. The molecule has 0 saturated heterocycles. The Morgan fingerprint density at radius 3 is 2.60 bits per heavy atom. The lowest BCUT2D eigenvalue weighted by molar-refractivity contribution is -0.128. The zero-order chi connectivity index (χ0) is 21.7. The van der Waals surface area contributed by atoms with Gasteiger partial charge in [-0.05, 0) is 37.6 Å². The maximum Gasteiger partial charge on any atom is 0.233 e. The molecule has 160 valence electrons. The molecule has 1 aromatic carbocycles. The van der Waals surface area contributed by atoms with Crippen LogP contribution in [0, 0.1) is 6.92 Å². The fourth-order valence-electron chi connectivity index (χ4n) is 3.09. The number of aromatic nitrogens is 3. The molecule has 0 atom stereocenters. The van der Waals surface area contributed by atoms with Crippen molar-refractivity contribution in [1.29, 1.82) is 0 Å². The van der Waals surface area contributed by atoms with Gasteiger partial charge in [-0.15, -0.1) is 10.2 Å². The first kappa shape index (κ1) is 21.8. The molecule has 0 N–H and O–H groups in total. The van der Waals surface area contributed by atoms with Crippen LogP contribution in [0.5, 0.6) is 11.5 Å². The van der Waals surface area contributed by atoms with Crippen molar-refractivity contribution in [1.82, 2.24) is 19.7 Å². The largest absolute Gasteiger partial charge is 0.493 e. The Kier molecular flexibility index (Phi) is 7.04. The SMILES string of the molecule is CCN(Cc1ccc(OC)c(OC)c1)C(=O)CSc1nnc(-c2ccoc2C)n1C. The molecular weight excluding hydrogens is 404 g/mol. The van der Waals surface area contributed by atoms with Crippen molar-refractivity contribution < 1.29 is 18.7 Å². The van der Waals surface area contributed by atoms with Gasteiger partial charge in [-0.1, -0.05) is 17.8 Å². The molecule has 8 nitrogen and oxygen atoms in total. The van der Waals surface area contributed by atoms with Crippen LogP contribution in [0.3, 0.4) is 0 Å². The smallest absolute Gasteiger partial charge is 0.233 e. The quantitative estimate of drug-likeness (QED) is 0.480. The molecule has 3 aromatic rings. The predicted octanol–water partition coefficient (Wildman–Crippen LogP) is 3.54. The van der Waals surface area contributed by atoms with Crippen molar-refractivity contribution in [2.45, 2.75) is 25.5 Å². The molecule has 9 heteroatoms. The number of rotatable bonds is 9. The van der Waals surface area contributed by atoms with Crippen molar-refractivity contribution in [2.75, 3.05) is 26.5 Å². The second kappa shape index (κ2) is 9.71. The van der Waals surface area contributed by atoms with Gasteiger partial charge in [0.15, 0.2) is 22.5 Å². The molecule has 0 bridgehead atoms. The Bertz CT molecular complexity index is 1010. The molecule has 2 heterocycles. The van der Waals surface area contributed by atoms with E-state index in [0.29, 0.717) is 35.6 Å². The van der Waals surface area contributed by atoms with E-state index in [4.69, 9.17) is 13.9 Å². The van der Waals surface area contributed by atoms with E-state index in [9.17, 15) is 4.79 Å². The number of carbonyl (C=O) groups excluding carboxylic acids is 1. The summed E-state index contributed by atoms with van der Waals surface area (Å²) in [6.45, 7) is 4.94. The molecule has 30 heavy (non-hydrogen) atoms. The third-order valence-electron chi connectivity index (χ3n) is 4.82. The molecule has 0 saturated carbocycles. The molecule has 0 aliphatic rings. The molecule has 0 unspecified atom stereocenters. The first-order valence-corrected chi connectivity index (χ1v) is 10.5. The molecule has 0 aliphatic heterocycles. The molecule has 1 amide bonds. The van der Waals surface area contributed by atoms with Gasteiger partial charge in [-0.3, -0.25) is 4.79 Å². The van der Waals surface area contributed by atoms with E-state index in [-0.39, 0.29) is 11.7 Å². The van der Waals surface area contributed by atoms with E-state index in [0.717, 1.165) is 16.9 Å². The fourth-order valence-corrected chi connectivity index (χ4v) is 3.90. The van der Waals surface area contributed by atoms with Gasteiger partial charge in [0.25, 0.3) is 0 Å². The van der Waals surface area contributed by atoms with Crippen LogP contribution in [0.4, 0.5) is 0 Å². The molecule has 0 fully saturated rings. The van der Waals surface area contributed by atoms with Crippen LogP contribution >= 0.6 is 11.8 Å². The molecule has 3 rings (SSSR count). The highest BCUT2D eigenvalue weighted by molar-refractivity contribution is 7.99. The Labute approximate surface area is 180 Å². The lowest BCUT2D eigenvalue weighted by Crippen LogP contribution is -2.31. The molecule has 0 radical (unpaired) electrons. The minimum absolute atomic E-state index is 0.0290. The van der Waals surface area contributed by atoms with Crippen molar-refractivity contribution in [3.8, 4) is 22.9 Å². The maximum absolute atomic E-state index is 12.8. The highest BCUT2D eigenvalue weighted by atomic mass is 32.2. The number of thioether (sulfide) groups is 1. The van der Waals surface area contributed by atoms with Crippen LogP contribution in [-0.2, 0) is 18.4 Å². The Morgan fingerprint density at radius 2 is 1.97 bits per heavy atom. The minimum Gasteiger partial charge on any atom is -0.493 e. The van der Waals surface area contributed by atoms with Crippen molar-refractivity contribution in [3.05, 3.63) is 41.9 Å². The number of hydrogen-bond donors (Lipinski definition) is 0. The standard InChI is InChI=1S/C21H26N4O4S/c1-6-25(12-15-7-8-17(27-4)18(11-15)28-5)19(26)13-30-21-23-22-20(24(21)3)16-9-10-29-14(16)2/h7-11H,6,12-13H2,1-5H3. The van der Waals surface area contributed by atoms with Gasteiger partial charge in [-0.2, -0.15) is 0 Å². The normalized spacial score (nSPS) is 10.8. The van der Waals surface area contributed by atoms with Crippen LogP contribution < -0.4 is 9.47 Å². The number of nitrogens with zero attached hydrogens (tertiary/aromatic N) is 4. The minimum atomic E-state index is 0.0290. The summed E-state index contributed by atoms with van der Waals surface area (Å²) in [7, 11) is 5.08. The summed E-state index contributed by atoms with van der Waals surface area (Å²) in [5.41, 5.74) is 1.87. The summed E-state index contributed by atoms with van der Waals surface area (Å²) in [5.74, 6) is 3.11. The number of aryl methyl sites for hydroxylation is 1. The zero-order valence-electron chi connectivity index (χ0n) is 17.8. The first-order valence-electron chi connectivity index (χ1n) is 9.53. The number of methoxy groups -OCH3 is 2. The van der Waals surface area contributed by atoms with E-state index in [1.54, 1.807) is 25.4 Å². The van der Waals surface area contributed by atoms with Crippen molar-refractivity contribution in [2.24, 2.45) is 7.05 Å². The molecule has 0 aliphatic carbocycles. The molecule has 0 spiro atoms. The summed E-state index contributed by atoms with van der Waals surface area (Å²) in [6, 6.07) is 7.54. The second-order valence-corrected chi connectivity index (χ2v) is 7.58. The number of hydrogen-bond acceptors (Lipinski definition) is 7. The summed E-state index contributed by atoms with van der Waals surface area (Å²) in [5, 5.41) is 9.16. The first-order chi connectivity index (χ1) is 14.5. The van der Waals surface area contributed by atoms with Crippen molar-refractivity contribution >= 4 is 17.7 Å². The Morgan fingerprint density at radius 1 is 1.20 bits per heavy atom. The van der Waals surface area contributed by atoms with Gasteiger partial charge in [-0.25, -0.2) is 0 Å². The Balaban J connectivity index is 1.65. The van der Waals surface area contributed by atoms with E-state index < -0.39 is 0 Å². The van der Waals surface area contributed by atoms with E-state index in [1.807, 2.05) is 49.7 Å². The van der Waals surface area contributed by atoms with Crippen molar-refractivity contribution in [3.63, 3.8) is 0 Å². The number of carbonyl (C=O) groups is 1. The summed E-state index contributed by atoms with van der Waals surface area (Å²) in [6.07, 6.45) is 1.63. The van der Waals surface area contributed by atoms with Gasteiger partial charge in [0, 0.05) is 20.1 Å². The molecular formula is C21H26N4O4S. The second-order valence-electron chi connectivity index (χ2n) is 6.64. The lowest BCUT2D eigenvalue weighted by atomic mass is 10.2. The third-order valence-corrected chi connectivity index (χ3v) is 5.82. The van der Waals surface area contributed by atoms with Gasteiger partial charge >= 0.3 is 0 Å². The maximum atomic E-state index is 12.8. The Hall–Kier alpha value is -2.94. The topological polar surface area (TPSA) is 82.6 Å². The van der Waals surface area contributed by atoms with Crippen LogP contribution in [0.25, 0.3) is 11.4 Å². The van der Waals surface area contributed by atoms with E-state index >= 15 is 0 Å². The predicted molar refractivity (Wildman–Crippen MR) is 115 cm³/mol. The van der Waals surface area contributed by atoms with E-state index in [1.165, 1.54) is 11.8 Å². The highest BCUT2D eigenvalue weighted by Crippen LogP contribution is 2.29. The third kappa shape index (κ3) is 4.62. The monoisotopic (exact) mass is 430 g/mol. The van der Waals surface area contributed by atoms with Crippen LogP contribution in [0.15, 0.2) is 40.1 Å². The number of furan rings is 1. The average Bonchev–Trinajstić information content (AvgIpc) is 3.34. The zero-order valence-corrected chi connectivity index (χ0v) is 18.7. The van der Waals surface area contributed by atoms with Gasteiger partial charge in [0.2, 0.25) is 5.91 Å². The number of ether oxygens (including phenoxy) is 2. The summed E-state index contributed by atoms with van der Waals surface area (Å²) < 4.78 is 17.9. The fraction of sp³-hybridized carbons (Fsp3) is 0.381. The number of benzene rings is 1. The van der Waals surface area contributed by atoms with Crippen LogP contribution in [-0.4, -0.2) is 52.1 Å². The molecule has 2 aromatic heterocycles. The lowest BCUT2D eigenvalue weighted by Gasteiger charge is -2.21. The van der Waals surface area contributed by atoms with E-state index in [2.05, 4.69) is 10.2 Å². The summed E-state index contributed by atoms with van der Waals surface area (Å²) in [4.78, 5) is 14.6. The van der Waals surface area contributed by atoms with Gasteiger partial charge in [0.05, 0.1) is 31.8 Å². The van der Waals surface area contributed by atoms with Gasteiger partial charge < -0.3 is 23.4 Å². The highest BCUT2D eigenvalue weighted by Gasteiger charge is 2.18. The summed E-state index contributed by atoms with van der Waals surface area (Å²) >= 11 is 1.37. The van der Waals surface area contributed by atoms with Crippen LogP contribution in [0.2, 0.25) is 0 Å².